The number of Topliss-reactive ketones (excluding diaryl/α,β-unsaturated/α-hetero) is 1. The number of nitrogens with two attached hydrogens (primary N) is 1. The Morgan fingerprint density at radius 3 is 2.35 bits per heavy atom. The predicted molar refractivity (Wildman–Crippen MR) is 83.0 cm³/mol. The molecule has 0 aromatic carbocycles. The molecule has 0 saturated heterocycles. The summed E-state index contributed by atoms with van der Waals surface area (Å²) in [5.74, 6) is -0.223. The first-order valence-electron chi connectivity index (χ1n) is 8.92. The van der Waals surface area contributed by atoms with Gasteiger partial charge in [0.15, 0.2) is 5.78 Å². The molecule has 0 radical (unpaired) electrons. The summed E-state index contributed by atoms with van der Waals surface area (Å²) in [5.41, 5.74) is 4.24. The van der Waals surface area contributed by atoms with E-state index in [1.54, 1.807) is 0 Å². The van der Waals surface area contributed by atoms with E-state index in [1.807, 2.05) is 0 Å². The van der Waals surface area contributed by atoms with E-state index >= 15 is 0 Å². The Hall–Kier alpha value is -0.960. The summed E-state index contributed by atoms with van der Waals surface area (Å²) < 4.78 is 0. The van der Waals surface area contributed by atoms with Gasteiger partial charge in [-0.2, -0.15) is 5.26 Å². The highest BCUT2D eigenvalue weighted by atomic mass is 16.3. The molecule has 4 N–H and O–H groups in total. The third-order valence-corrected chi connectivity index (χ3v) is 7.07. The van der Waals surface area contributed by atoms with Crippen molar-refractivity contribution >= 4 is 5.78 Å². The van der Waals surface area contributed by atoms with Gasteiger partial charge in [-0.15, -0.1) is 0 Å². The molecule has 5 fully saturated rings. The molecule has 23 heavy (non-hydrogen) atoms. The van der Waals surface area contributed by atoms with Gasteiger partial charge in [-0.05, 0) is 56.3 Å². The molecule has 4 bridgehead atoms. The first-order valence-corrected chi connectivity index (χ1v) is 8.92. The Balaban J connectivity index is 1.62. The maximum Gasteiger partial charge on any atom is 0.154 e. The van der Waals surface area contributed by atoms with Gasteiger partial charge < -0.3 is 15.9 Å². The molecule has 5 rings (SSSR count). The van der Waals surface area contributed by atoms with Crippen LogP contribution in [0.2, 0.25) is 0 Å². The number of nitrogens with zero attached hydrogens (tertiary/aromatic N) is 1. The Kier molecular flexibility index (Phi) is 3.23. The van der Waals surface area contributed by atoms with E-state index in [1.165, 1.54) is 0 Å². The maximum atomic E-state index is 13.0. The first-order chi connectivity index (χ1) is 10.8. The molecule has 5 atom stereocenters. The van der Waals surface area contributed by atoms with E-state index in [4.69, 9.17) is 5.73 Å². The van der Waals surface area contributed by atoms with E-state index in [0.29, 0.717) is 19.3 Å². The number of hydrogen-bond donors (Lipinski definition) is 3. The molecule has 0 spiro atoms. The highest BCUT2D eigenvalue weighted by Gasteiger charge is 2.65. The molecule has 126 valence electrons. The van der Waals surface area contributed by atoms with Gasteiger partial charge in [-0.25, -0.2) is 0 Å². The van der Waals surface area contributed by atoms with Crippen molar-refractivity contribution in [2.75, 3.05) is 0 Å². The summed E-state index contributed by atoms with van der Waals surface area (Å²) in [6, 6.07) is 1.60. The number of rotatable bonds is 3. The first kappa shape index (κ1) is 15.6. The molecule has 5 nitrogen and oxygen atoms in total. The summed E-state index contributed by atoms with van der Waals surface area (Å²) in [7, 11) is 0. The molecule has 5 aliphatic rings. The van der Waals surface area contributed by atoms with Crippen LogP contribution in [0.15, 0.2) is 0 Å². The largest absolute Gasteiger partial charge is 0.390 e. The molecular formula is C18H26N2O3. The van der Waals surface area contributed by atoms with Crippen LogP contribution in [-0.2, 0) is 4.79 Å². The van der Waals surface area contributed by atoms with Crippen LogP contribution in [0.3, 0.4) is 0 Å². The van der Waals surface area contributed by atoms with Gasteiger partial charge in [-0.3, -0.25) is 4.79 Å². The van der Waals surface area contributed by atoms with Crippen molar-refractivity contribution in [2.24, 2.45) is 28.9 Å². The summed E-state index contributed by atoms with van der Waals surface area (Å²) in [5, 5.41) is 31.0. The highest BCUT2D eigenvalue weighted by Crippen LogP contribution is 2.64. The monoisotopic (exact) mass is 318 g/mol. The topological polar surface area (TPSA) is 107 Å². The molecule has 5 heteroatoms. The number of ketones is 1. The number of aliphatic hydroxyl groups is 2. The Bertz CT molecular complexity index is 565. The van der Waals surface area contributed by atoms with Crippen molar-refractivity contribution < 1.29 is 15.0 Å². The minimum absolute atomic E-state index is 0.0109. The smallest absolute Gasteiger partial charge is 0.154 e. The lowest BCUT2D eigenvalue weighted by atomic mass is 9.44. The fraction of sp³-hybridized carbons (Fsp3) is 0.889. The molecule has 0 aliphatic heterocycles. The Labute approximate surface area is 136 Å². The van der Waals surface area contributed by atoms with Crippen LogP contribution < -0.4 is 5.73 Å². The molecular weight excluding hydrogens is 292 g/mol. The highest BCUT2D eigenvalue weighted by molar-refractivity contribution is 5.88. The number of nitriles is 1. The lowest BCUT2D eigenvalue weighted by molar-refractivity contribution is -0.233. The molecule has 5 unspecified atom stereocenters. The van der Waals surface area contributed by atoms with Crippen LogP contribution in [0.4, 0.5) is 0 Å². The molecule has 5 aliphatic carbocycles. The summed E-state index contributed by atoms with van der Waals surface area (Å²) in [6.07, 6.45) is 6.18. The van der Waals surface area contributed by atoms with Crippen LogP contribution in [0.25, 0.3) is 0 Å². The van der Waals surface area contributed by atoms with Gasteiger partial charge in [0.1, 0.15) is 0 Å². The quantitative estimate of drug-likeness (QED) is 0.726. The van der Waals surface area contributed by atoms with Gasteiger partial charge in [0.05, 0.1) is 29.2 Å². The summed E-state index contributed by atoms with van der Waals surface area (Å²) in [4.78, 5) is 13.0. The zero-order valence-corrected chi connectivity index (χ0v) is 13.5. The second kappa shape index (κ2) is 4.78. The molecule has 5 saturated carbocycles. The SMILES string of the molecule is N#CC1CCCC1C(=O)C(N)C12CC3CC(O)(CC(O)(C3)C1)C2. The van der Waals surface area contributed by atoms with Crippen LogP contribution in [0.5, 0.6) is 0 Å². The van der Waals surface area contributed by atoms with E-state index in [0.717, 1.165) is 38.5 Å². The number of carbonyl (C=O) groups is 1. The van der Waals surface area contributed by atoms with Gasteiger partial charge in [-0.1, -0.05) is 6.42 Å². The van der Waals surface area contributed by atoms with Gasteiger partial charge in [0, 0.05) is 12.3 Å². The number of hydrogen-bond acceptors (Lipinski definition) is 5. The molecule has 0 amide bonds. The number of carbonyl (C=O) groups excluding carboxylic acids is 1. The van der Waals surface area contributed by atoms with E-state index in [9.17, 15) is 20.3 Å². The second-order valence-electron chi connectivity index (χ2n) is 8.97. The van der Waals surface area contributed by atoms with Crippen LogP contribution in [-0.4, -0.2) is 33.2 Å². The van der Waals surface area contributed by atoms with Gasteiger partial charge >= 0.3 is 0 Å². The van der Waals surface area contributed by atoms with E-state index in [-0.39, 0.29) is 23.5 Å². The molecule has 0 heterocycles. The summed E-state index contributed by atoms with van der Waals surface area (Å²) >= 11 is 0. The minimum atomic E-state index is -0.865. The second-order valence-corrected chi connectivity index (χ2v) is 8.97. The average molecular weight is 318 g/mol. The van der Waals surface area contributed by atoms with Gasteiger partial charge in [0.25, 0.3) is 0 Å². The van der Waals surface area contributed by atoms with Crippen molar-refractivity contribution in [3.05, 3.63) is 0 Å². The van der Waals surface area contributed by atoms with Gasteiger partial charge in [0.2, 0.25) is 0 Å². The minimum Gasteiger partial charge on any atom is -0.390 e. The van der Waals surface area contributed by atoms with Crippen molar-refractivity contribution in [3.63, 3.8) is 0 Å². The average Bonchev–Trinajstić information content (AvgIpc) is 2.90. The lowest BCUT2D eigenvalue weighted by Crippen LogP contribution is -2.68. The lowest BCUT2D eigenvalue weighted by Gasteiger charge is -2.64. The molecule has 0 aromatic heterocycles. The Morgan fingerprint density at radius 1 is 1.13 bits per heavy atom. The van der Waals surface area contributed by atoms with Crippen molar-refractivity contribution in [2.45, 2.75) is 75.0 Å². The Morgan fingerprint density at radius 2 is 1.78 bits per heavy atom. The standard InChI is InChI=1S/C18H26N2O3/c19-7-12-2-1-3-13(12)14(21)15(20)16-4-11-5-17(22,8-16)10-18(23,6-11)9-16/h11-13,15,22-23H,1-6,8-10,20H2. The van der Waals surface area contributed by atoms with Crippen LogP contribution in [0.1, 0.15) is 57.8 Å². The van der Waals surface area contributed by atoms with Crippen molar-refractivity contribution in [1.82, 2.24) is 0 Å². The van der Waals surface area contributed by atoms with Crippen LogP contribution in [0, 0.1) is 34.5 Å². The van der Waals surface area contributed by atoms with Crippen molar-refractivity contribution in [1.29, 1.82) is 5.26 Å². The zero-order chi connectivity index (χ0) is 16.5. The fourth-order valence-corrected chi connectivity index (χ4v) is 6.74. The molecule has 0 aromatic rings. The van der Waals surface area contributed by atoms with E-state index < -0.39 is 22.7 Å². The third kappa shape index (κ3) is 2.26. The predicted octanol–water partition coefficient (Wildman–Crippen LogP) is 1.27. The summed E-state index contributed by atoms with van der Waals surface area (Å²) in [6.45, 7) is 0. The van der Waals surface area contributed by atoms with E-state index in [2.05, 4.69) is 6.07 Å². The van der Waals surface area contributed by atoms with Crippen LogP contribution >= 0.6 is 0 Å². The zero-order valence-electron chi connectivity index (χ0n) is 13.5. The fourth-order valence-electron chi connectivity index (χ4n) is 6.74. The third-order valence-electron chi connectivity index (χ3n) is 7.07. The maximum absolute atomic E-state index is 13.0. The van der Waals surface area contributed by atoms with Crippen molar-refractivity contribution in [3.8, 4) is 6.07 Å². The normalized spacial score (nSPS) is 52.3.